The summed E-state index contributed by atoms with van der Waals surface area (Å²) < 4.78 is 17.0. The second-order valence-corrected chi connectivity index (χ2v) is 14.7. The van der Waals surface area contributed by atoms with Crippen LogP contribution in [0.1, 0.15) is 94.2 Å². The molecule has 3 heterocycles. The maximum absolute atomic E-state index is 13.3. The van der Waals surface area contributed by atoms with Crippen LogP contribution in [0.15, 0.2) is 53.4 Å². The van der Waals surface area contributed by atoms with E-state index in [-0.39, 0.29) is 24.7 Å². The zero-order valence-electron chi connectivity index (χ0n) is 27.7. The summed E-state index contributed by atoms with van der Waals surface area (Å²) in [6, 6.07) is 13.1. The van der Waals surface area contributed by atoms with Gasteiger partial charge in [0.1, 0.15) is 23.5 Å². The SMILES string of the molecule is CC(=Cc1csc(COC(=O)c2cccc3ccccc23)n1)C1OC(=O)CCC(C)(C)C(=O)C(C)CC(C)CCCC2OC2(O)C1O. The van der Waals surface area contributed by atoms with Crippen LogP contribution in [0.3, 0.4) is 0 Å². The van der Waals surface area contributed by atoms with Crippen LogP contribution in [0.5, 0.6) is 0 Å². The Morgan fingerprint density at radius 3 is 2.66 bits per heavy atom. The number of ketones is 1. The Kier molecular flexibility index (Phi) is 10.7. The molecule has 2 N–H and O–H groups in total. The second kappa shape index (κ2) is 14.4. The van der Waals surface area contributed by atoms with E-state index in [4.69, 9.17) is 14.2 Å². The lowest BCUT2D eigenvalue weighted by Gasteiger charge is -2.29. The van der Waals surface area contributed by atoms with Crippen LogP contribution in [-0.4, -0.2) is 57.0 Å². The lowest BCUT2D eigenvalue weighted by atomic mass is 9.75. The summed E-state index contributed by atoms with van der Waals surface area (Å²) in [5.74, 6) is -2.59. The Labute approximate surface area is 280 Å². The Balaban J connectivity index is 1.30. The number of hydrogen-bond acceptors (Lipinski definition) is 10. The molecule has 0 spiro atoms. The quantitative estimate of drug-likeness (QED) is 0.228. The molecule has 1 aromatic heterocycles. The predicted octanol–water partition coefficient (Wildman–Crippen LogP) is 6.64. The number of cyclic esters (lactones) is 1. The highest BCUT2D eigenvalue weighted by Crippen LogP contribution is 2.43. The van der Waals surface area contributed by atoms with Crippen molar-refractivity contribution in [2.45, 2.75) is 104 Å². The van der Waals surface area contributed by atoms with Crippen LogP contribution < -0.4 is 0 Å². The van der Waals surface area contributed by atoms with Gasteiger partial charge >= 0.3 is 11.9 Å². The number of thiazole rings is 1. The molecule has 2 aliphatic heterocycles. The summed E-state index contributed by atoms with van der Waals surface area (Å²) in [6.45, 7) is 9.45. The number of Topliss-reactive ketones (excluding diaryl/α,β-unsaturated/α-hetero) is 1. The summed E-state index contributed by atoms with van der Waals surface area (Å²) >= 11 is 1.31. The lowest BCUT2D eigenvalue weighted by molar-refractivity contribution is -0.165. The summed E-state index contributed by atoms with van der Waals surface area (Å²) in [7, 11) is 0. The number of carbonyl (C=O) groups excluding carboxylic acids is 3. The predicted molar refractivity (Wildman–Crippen MR) is 179 cm³/mol. The summed E-state index contributed by atoms with van der Waals surface area (Å²) in [5, 5.41) is 26.7. The fourth-order valence-corrected chi connectivity index (χ4v) is 7.27. The first-order chi connectivity index (χ1) is 22.3. The molecule has 2 fully saturated rings. The fourth-order valence-electron chi connectivity index (χ4n) is 6.61. The fraction of sp³-hybridized carbons (Fsp3) is 0.514. The third kappa shape index (κ3) is 8.17. The molecule has 10 heteroatoms. The molecule has 252 valence electrons. The third-order valence-electron chi connectivity index (χ3n) is 9.42. The molecule has 0 bridgehead atoms. The number of rotatable bonds is 5. The topological polar surface area (TPSA) is 136 Å². The number of hydrogen-bond donors (Lipinski definition) is 2. The van der Waals surface area contributed by atoms with Crippen molar-refractivity contribution >= 4 is 45.9 Å². The van der Waals surface area contributed by atoms with Gasteiger partial charge in [-0.2, -0.15) is 0 Å². The Bertz CT molecular complexity index is 1640. The largest absolute Gasteiger partial charge is 0.455 e. The van der Waals surface area contributed by atoms with Gasteiger partial charge in [-0.3, -0.25) is 9.59 Å². The van der Waals surface area contributed by atoms with E-state index in [1.54, 1.807) is 24.4 Å². The molecule has 0 amide bonds. The van der Waals surface area contributed by atoms with Gasteiger partial charge in [0, 0.05) is 23.1 Å². The van der Waals surface area contributed by atoms with E-state index in [0.29, 0.717) is 40.6 Å². The van der Waals surface area contributed by atoms with E-state index in [2.05, 4.69) is 11.9 Å². The Hall–Kier alpha value is -3.44. The van der Waals surface area contributed by atoms with Crippen molar-refractivity contribution in [1.82, 2.24) is 4.98 Å². The minimum atomic E-state index is -1.84. The number of ether oxygens (including phenoxy) is 3. The molecule has 9 nitrogen and oxygen atoms in total. The molecule has 0 saturated carbocycles. The average molecular weight is 664 g/mol. The van der Waals surface area contributed by atoms with Crippen LogP contribution in [0.25, 0.3) is 16.8 Å². The number of nitrogens with zero attached hydrogens (tertiary/aromatic N) is 1. The number of aliphatic hydroxyl groups is 2. The molecule has 0 aliphatic carbocycles. The number of carbonyl (C=O) groups is 3. The Morgan fingerprint density at radius 1 is 1.13 bits per heavy atom. The molecule has 2 saturated heterocycles. The molecule has 47 heavy (non-hydrogen) atoms. The van der Waals surface area contributed by atoms with Crippen molar-refractivity contribution in [2.24, 2.45) is 17.3 Å². The maximum atomic E-state index is 13.3. The van der Waals surface area contributed by atoms with Gasteiger partial charge in [-0.05, 0) is 60.6 Å². The molecule has 2 aromatic carbocycles. The normalized spacial score (nSPS) is 29.2. The first-order valence-electron chi connectivity index (χ1n) is 16.4. The van der Waals surface area contributed by atoms with Crippen LogP contribution >= 0.6 is 11.3 Å². The van der Waals surface area contributed by atoms with Gasteiger partial charge < -0.3 is 24.4 Å². The monoisotopic (exact) mass is 663 g/mol. The van der Waals surface area contributed by atoms with Crippen LogP contribution in [-0.2, 0) is 30.4 Å². The van der Waals surface area contributed by atoms with E-state index in [9.17, 15) is 24.6 Å². The van der Waals surface area contributed by atoms with Gasteiger partial charge in [0.2, 0.25) is 5.79 Å². The number of benzene rings is 2. The summed E-state index contributed by atoms with van der Waals surface area (Å²) in [4.78, 5) is 43.9. The molecule has 6 atom stereocenters. The van der Waals surface area contributed by atoms with Gasteiger partial charge in [-0.1, -0.05) is 76.9 Å². The second-order valence-electron chi connectivity index (χ2n) is 13.8. The highest BCUT2D eigenvalue weighted by Gasteiger charge is 2.63. The van der Waals surface area contributed by atoms with Gasteiger partial charge in [0.25, 0.3) is 0 Å². The molecular weight excluding hydrogens is 618 g/mol. The molecule has 5 rings (SSSR count). The van der Waals surface area contributed by atoms with Gasteiger partial charge in [-0.25, -0.2) is 9.78 Å². The molecule has 0 radical (unpaired) electrons. The Morgan fingerprint density at radius 2 is 1.87 bits per heavy atom. The zero-order valence-corrected chi connectivity index (χ0v) is 28.5. The molecule has 2 aliphatic rings. The summed E-state index contributed by atoms with van der Waals surface area (Å²) in [5.41, 5.74) is 0.734. The highest BCUT2D eigenvalue weighted by atomic mass is 32.1. The first-order valence-corrected chi connectivity index (χ1v) is 17.3. The van der Waals surface area contributed by atoms with Gasteiger partial charge in [0.15, 0.2) is 12.2 Å². The number of aromatic nitrogens is 1. The van der Waals surface area contributed by atoms with E-state index in [1.807, 2.05) is 57.2 Å². The van der Waals surface area contributed by atoms with E-state index in [0.717, 1.165) is 30.0 Å². The van der Waals surface area contributed by atoms with Crippen LogP contribution in [0.2, 0.25) is 0 Å². The first kappa shape index (κ1) is 34.9. The minimum absolute atomic E-state index is 0.0247. The molecular formula is C37H45NO8S. The van der Waals surface area contributed by atoms with Crippen molar-refractivity contribution < 1.29 is 38.8 Å². The smallest absolute Gasteiger partial charge is 0.339 e. The standard InChI is InChI=1S/C37H45NO8S/c1-22-10-8-15-29-37(43,46-29)34(41)32(45-31(39)16-17-36(4,5)33(40)24(3)18-22)23(2)19-26-21-47-30(38-26)20-44-35(42)28-14-9-12-25-11-6-7-13-27(25)28/h6-7,9,11-14,19,21-22,24,29,32,34,41,43H,8,10,15-18,20H2,1-5H3. The van der Waals surface area contributed by atoms with Gasteiger partial charge in [0.05, 0.1) is 11.3 Å². The van der Waals surface area contributed by atoms with Crippen LogP contribution in [0, 0.1) is 17.3 Å². The van der Waals surface area contributed by atoms with E-state index in [1.165, 1.54) is 11.3 Å². The van der Waals surface area contributed by atoms with Crippen molar-refractivity contribution in [3.8, 4) is 0 Å². The number of fused-ring (bicyclic) bond motifs is 2. The third-order valence-corrected chi connectivity index (χ3v) is 10.3. The maximum Gasteiger partial charge on any atom is 0.339 e. The number of aliphatic hydroxyl groups excluding tert-OH is 1. The van der Waals surface area contributed by atoms with Crippen molar-refractivity contribution in [3.05, 3.63) is 69.7 Å². The number of esters is 2. The van der Waals surface area contributed by atoms with E-state index < -0.39 is 41.5 Å². The van der Waals surface area contributed by atoms with Crippen molar-refractivity contribution in [2.75, 3.05) is 0 Å². The molecule has 3 aromatic rings. The van der Waals surface area contributed by atoms with Crippen molar-refractivity contribution in [3.63, 3.8) is 0 Å². The molecule has 6 unspecified atom stereocenters. The van der Waals surface area contributed by atoms with Gasteiger partial charge in [-0.15, -0.1) is 11.3 Å². The highest BCUT2D eigenvalue weighted by molar-refractivity contribution is 7.09. The van der Waals surface area contributed by atoms with Crippen LogP contribution in [0.4, 0.5) is 0 Å². The average Bonchev–Trinajstić information content (AvgIpc) is 3.50. The zero-order chi connectivity index (χ0) is 33.9. The van der Waals surface area contributed by atoms with E-state index >= 15 is 0 Å². The minimum Gasteiger partial charge on any atom is -0.455 e. The lowest BCUT2D eigenvalue weighted by Crippen LogP contribution is -2.45. The summed E-state index contributed by atoms with van der Waals surface area (Å²) in [6.07, 6.45) is 1.51. The van der Waals surface area contributed by atoms with Crippen molar-refractivity contribution in [1.29, 1.82) is 0 Å². The number of epoxide rings is 1.